The van der Waals surface area contributed by atoms with Crippen LogP contribution in [0.4, 0.5) is 43.9 Å². The molecule has 0 heterocycles. The molecule has 0 aromatic carbocycles. The Morgan fingerprint density at radius 1 is 1.04 bits per heavy atom. The van der Waals surface area contributed by atoms with Gasteiger partial charge in [-0.15, -0.1) is 6.58 Å². The maximum Gasteiger partial charge on any atom is 0.438 e. The van der Waals surface area contributed by atoms with Crippen LogP contribution in [0.5, 0.6) is 0 Å². The number of hydrogen-bond donors (Lipinski definition) is 2. The lowest BCUT2D eigenvalue weighted by molar-refractivity contribution is -0.339. The van der Waals surface area contributed by atoms with Crippen LogP contribution in [0.3, 0.4) is 0 Å². The molecule has 1 atom stereocenters. The molecule has 0 spiro atoms. The summed E-state index contributed by atoms with van der Waals surface area (Å²) < 4.78 is 148. The second-order valence-electron chi connectivity index (χ2n) is 3.62. The molecular weight excluding hydrogens is 380 g/mol. The Kier molecular flexibility index (Phi) is 7.57. The van der Waals surface area contributed by atoms with E-state index in [1.807, 2.05) is 0 Å². The molecule has 0 bridgehead atoms. The molecule has 140 valence electrons. The van der Waals surface area contributed by atoms with Crippen molar-refractivity contribution in [1.29, 1.82) is 0 Å². The van der Waals surface area contributed by atoms with Gasteiger partial charge in [0.1, 0.15) is 0 Å². The Morgan fingerprint density at radius 3 is 1.52 bits per heavy atom. The minimum Gasteiger partial charge on any atom is -0.327 e. The summed E-state index contributed by atoms with van der Waals surface area (Å²) in [4.78, 5) is 0. The molecule has 0 saturated carbocycles. The summed E-state index contributed by atoms with van der Waals surface area (Å²) in [5, 5.41) is -7.03. The van der Waals surface area contributed by atoms with Gasteiger partial charge < -0.3 is 5.73 Å². The Labute approximate surface area is 122 Å². The van der Waals surface area contributed by atoms with Crippen molar-refractivity contribution in [2.75, 3.05) is 6.54 Å². The van der Waals surface area contributed by atoms with Gasteiger partial charge in [0.25, 0.3) is 6.17 Å². The van der Waals surface area contributed by atoms with Gasteiger partial charge in [-0.2, -0.15) is 47.9 Å². The SMILES string of the molecule is C=CCN.O=S(=O)(O)C(F)(F)C(F)(F)C(F)(F)C(F)C(F)(F)F. The monoisotopic (exact) mass is 389 g/mol. The van der Waals surface area contributed by atoms with E-state index in [2.05, 4.69) is 6.58 Å². The lowest BCUT2D eigenvalue weighted by atomic mass is 10.1. The van der Waals surface area contributed by atoms with Crippen molar-refractivity contribution in [2.24, 2.45) is 5.73 Å². The van der Waals surface area contributed by atoms with E-state index in [1.54, 1.807) is 6.08 Å². The fraction of sp³-hybridized carbons (Fsp3) is 0.750. The van der Waals surface area contributed by atoms with Gasteiger partial charge in [-0.3, -0.25) is 4.55 Å². The molecule has 0 aromatic rings. The maximum atomic E-state index is 12.5. The second kappa shape index (κ2) is 7.21. The molecule has 4 nitrogen and oxygen atoms in total. The number of alkyl halides is 10. The van der Waals surface area contributed by atoms with Crippen LogP contribution in [0.25, 0.3) is 0 Å². The fourth-order valence-electron chi connectivity index (χ4n) is 0.721. The third kappa shape index (κ3) is 4.94. The zero-order valence-corrected chi connectivity index (χ0v) is 11.4. The van der Waals surface area contributed by atoms with Crippen LogP contribution >= 0.6 is 0 Å². The van der Waals surface area contributed by atoms with E-state index in [0.29, 0.717) is 6.54 Å². The van der Waals surface area contributed by atoms with Gasteiger partial charge in [-0.05, 0) is 0 Å². The summed E-state index contributed by atoms with van der Waals surface area (Å²) >= 11 is 0. The van der Waals surface area contributed by atoms with E-state index in [0.717, 1.165) is 0 Å². The topological polar surface area (TPSA) is 80.4 Å². The Hall–Kier alpha value is -1.09. The summed E-state index contributed by atoms with van der Waals surface area (Å²) in [5.74, 6) is -14.5. The average Bonchev–Trinajstić information content (AvgIpc) is 2.35. The first-order valence-electron chi connectivity index (χ1n) is 4.94. The van der Waals surface area contributed by atoms with Gasteiger partial charge in [-0.1, -0.05) is 6.08 Å². The highest BCUT2D eigenvalue weighted by molar-refractivity contribution is 7.87. The van der Waals surface area contributed by atoms with Crippen LogP contribution in [0, 0.1) is 0 Å². The van der Waals surface area contributed by atoms with Crippen molar-refractivity contribution in [3.63, 3.8) is 0 Å². The molecule has 0 rings (SSSR count). The number of hydrogen-bond acceptors (Lipinski definition) is 3. The molecule has 0 aliphatic heterocycles. The van der Waals surface area contributed by atoms with E-state index < -0.39 is 39.6 Å². The highest BCUT2D eigenvalue weighted by atomic mass is 32.2. The van der Waals surface area contributed by atoms with Crippen LogP contribution in [-0.4, -0.2) is 49.0 Å². The van der Waals surface area contributed by atoms with Crippen LogP contribution in [0.15, 0.2) is 12.7 Å². The molecule has 1 unspecified atom stereocenters. The van der Waals surface area contributed by atoms with Crippen LogP contribution in [0.1, 0.15) is 0 Å². The first-order valence-corrected chi connectivity index (χ1v) is 6.38. The standard InChI is InChI=1S/C5H2F10O3S.C3H7N/c6-1(3(9,10)11)2(7,8)4(12,13)5(14,15)19(16,17)18;1-2-3-4/h1H,(H,16,17,18);2H,1,3-4H2. The predicted octanol–water partition coefficient (Wildman–Crippen LogP) is 2.77. The summed E-state index contributed by atoms with van der Waals surface area (Å²) in [6.07, 6.45) is -10.8. The lowest BCUT2D eigenvalue weighted by Gasteiger charge is -2.33. The van der Waals surface area contributed by atoms with Crippen molar-refractivity contribution in [1.82, 2.24) is 0 Å². The van der Waals surface area contributed by atoms with E-state index >= 15 is 0 Å². The summed E-state index contributed by atoms with van der Waals surface area (Å²) in [6.45, 7) is 3.94. The average molecular weight is 389 g/mol. The molecule has 0 fully saturated rings. The van der Waals surface area contributed by atoms with Gasteiger partial charge >= 0.3 is 33.4 Å². The smallest absolute Gasteiger partial charge is 0.327 e. The van der Waals surface area contributed by atoms with Crippen molar-refractivity contribution < 1.29 is 56.9 Å². The molecule has 0 saturated heterocycles. The Morgan fingerprint density at radius 2 is 1.35 bits per heavy atom. The van der Waals surface area contributed by atoms with Gasteiger partial charge in [0.15, 0.2) is 0 Å². The Bertz CT molecular complexity index is 501. The highest BCUT2D eigenvalue weighted by Gasteiger charge is 2.82. The number of halogens is 10. The molecule has 0 aliphatic rings. The summed E-state index contributed by atoms with van der Waals surface area (Å²) in [5.41, 5.74) is 4.91. The van der Waals surface area contributed by atoms with Gasteiger partial charge in [0.05, 0.1) is 0 Å². The zero-order valence-electron chi connectivity index (χ0n) is 10.6. The molecule has 3 N–H and O–H groups in total. The molecule has 0 aromatic heterocycles. The largest absolute Gasteiger partial charge is 0.438 e. The minimum absolute atomic E-state index is 0.583. The third-order valence-electron chi connectivity index (χ3n) is 1.88. The molecule has 0 radical (unpaired) electrons. The van der Waals surface area contributed by atoms with Crippen LogP contribution < -0.4 is 5.73 Å². The van der Waals surface area contributed by atoms with E-state index in [1.165, 1.54) is 0 Å². The normalized spacial score (nSPS) is 15.5. The van der Waals surface area contributed by atoms with Crippen molar-refractivity contribution in [3.05, 3.63) is 12.7 Å². The van der Waals surface area contributed by atoms with E-state index in [4.69, 9.17) is 10.3 Å². The summed E-state index contributed by atoms with van der Waals surface area (Å²) in [7, 11) is -7.22. The highest BCUT2D eigenvalue weighted by Crippen LogP contribution is 2.52. The third-order valence-corrected chi connectivity index (χ3v) is 2.78. The predicted molar refractivity (Wildman–Crippen MR) is 56.6 cm³/mol. The summed E-state index contributed by atoms with van der Waals surface area (Å²) in [6, 6.07) is 0. The second-order valence-corrected chi connectivity index (χ2v) is 5.08. The quantitative estimate of drug-likeness (QED) is 0.431. The lowest BCUT2D eigenvalue weighted by Crippen LogP contribution is -2.63. The first kappa shape index (κ1) is 24.2. The van der Waals surface area contributed by atoms with Crippen molar-refractivity contribution in [2.45, 2.75) is 29.4 Å². The molecule has 0 amide bonds. The van der Waals surface area contributed by atoms with Gasteiger partial charge in [0, 0.05) is 6.54 Å². The minimum atomic E-state index is -7.34. The van der Waals surface area contributed by atoms with E-state index in [9.17, 15) is 52.3 Å². The molecular formula is C8H9F10NO3S. The van der Waals surface area contributed by atoms with Crippen LogP contribution in [0.2, 0.25) is 0 Å². The molecule has 0 aliphatic carbocycles. The van der Waals surface area contributed by atoms with Crippen LogP contribution in [-0.2, 0) is 10.1 Å². The Balaban J connectivity index is 0. The maximum absolute atomic E-state index is 12.5. The number of nitrogens with two attached hydrogens (primary N) is 1. The van der Waals surface area contributed by atoms with Gasteiger partial charge in [0.2, 0.25) is 0 Å². The van der Waals surface area contributed by atoms with Gasteiger partial charge in [-0.25, -0.2) is 4.39 Å². The van der Waals surface area contributed by atoms with Crippen molar-refractivity contribution in [3.8, 4) is 0 Å². The zero-order chi connectivity index (χ0) is 19.5. The molecule has 23 heavy (non-hydrogen) atoms. The fourth-order valence-corrected chi connectivity index (χ4v) is 1.18. The first-order chi connectivity index (χ1) is 9.82. The molecule has 15 heteroatoms. The van der Waals surface area contributed by atoms with E-state index in [-0.39, 0.29) is 0 Å². The van der Waals surface area contributed by atoms with Crippen molar-refractivity contribution >= 4 is 10.1 Å². The number of rotatable bonds is 5.